The van der Waals surface area contributed by atoms with Gasteiger partial charge in [-0.1, -0.05) is 26.3 Å². The number of rotatable bonds is 8. The van der Waals surface area contributed by atoms with Crippen LogP contribution in [-0.2, 0) is 28.6 Å². The highest BCUT2D eigenvalue weighted by atomic mass is 16.7. The molecule has 34 heavy (non-hydrogen) atoms. The molecule has 3 saturated carbocycles. The molecule has 190 valence electrons. The van der Waals surface area contributed by atoms with Crippen molar-refractivity contribution in [3.8, 4) is 0 Å². The lowest BCUT2D eigenvalue weighted by Crippen LogP contribution is -2.64. The number of methoxy groups -OCH3 is 1. The second kappa shape index (κ2) is 9.47. The summed E-state index contributed by atoms with van der Waals surface area (Å²) < 4.78 is 16.6. The number of carbonyl (C=O) groups excluding carboxylic acids is 3. The quantitative estimate of drug-likeness (QED) is 0.418. The van der Waals surface area contributed by atoms with Crippen LogP contribution in [0.25, 0.3) is 0 Å². The second-order valence-electron chi connectivity index (χ2n) is 11.4. The molecule has 3 fully saturated rings. The molecule has 0 spiro atoms. The Bertz CT molecular complexity index is 865. The first-order valence-electron chi connectivity index (χ1n) is 12.9. The van der Waals surface area contributed by atoms with Gasteiger partial charge in [-0.15, -0.1) is 0 Å². The van der Waals surface area contributed by atoms with Crippen molar-refractivity contribution in [1.29, 1.82) is 0 Å². The summed E-state index contributed by atoms with van der Waals surface area (Å²) in [7, 11) is 1.54. The normalized spacial score (nSPS) is 41.2. The third-order valence-electron chi connectivity index (χ3n) is 9.51. The van der Waals surface area contributed by atoms with Gasteiger partial charge in [0, 0.05) is 38.2 Å². The number of aliphatic hydroxyl groups is 1. The standard InChI is InChI=1S/C27H40O7/c1-5-6-23(30)33-14-22(29)21-10-9-20-19-8-7-17-13-18(28)11-12-25(17,2)24(19)27(31,34-16-32-4)15-26(20,21)3/h13,19-21,24,31H,5-12,14-16H2,1-4H3/t19-,20-,21+,24-,25-,26-,27+/m0/s1. The molecule has 4 rings (SSSR count). The fraction of sp³-hybridized carbons (Fsp3) is 0.815. The number of hydrogen-bond donors (Lipinski definition) is 1. The molecule has 1 N–H and O–H groups in total. The third-order valence-corrected chi connectivity index (χ3v) is 9.51. The summed E-state index contributed by atoms with van der Waals surface area (Å²) >= 11 is 0. The second-order valence-corrected chi connectivity index (χ2v) is 11.4. The van der Waals surface area contributed by atoms with E-state index in [0.29, 0.717) is 32.1 Å². The van der Waals surface area contributed by atoms with E-state index >= 15 is 0 Å². The summed E-state index contributed by atoms with van der Waals surface area (Å²) in [4.78, 5) is 37.3. The van der Waals surface area contributed by atoms with Crippen LogP contribution in [0.15, 0.2) is 11.6 Å². The molecule has 4 aliphatic rings. The molecule has 0 aromatic rings. The van der Waals surface area contributed by atoms with Gasteiger partial charge >= 0.3 is 5.97 Å². The minimum atomic E-state index is -1.47. The monoisotopic (exact) mass is 476 g/mol. The molecule has 0 saturated heterocycles. The van der Waals surface area contributed by atoms with Crippen molar-refractivity contribution in [3.63, 3.8) is 0 Å². The first kappa shape index (κ1) is 25.5. The Morgan fingerprint density at radius 1 is 1.18 bits per heavy atom. The number of ketones is 2. The van der Waals surface area contributed by atoms with Gasteiger partial charge in [0.25, 0.3) is 0 Å². The van der Waals surface area contributed by atoms with Crippen molar-refractivity contribution in [2.75, 3.05) is 20.5 Å². The summed E-state index contributed by atoms with van der Waals surface area (Å²) in [6.45, 7) is 5.94. The lowest BCUT2D eigenvalue weighted by Gasteiger charge is -2.63. The summed E-state index contributed by atoms with van der Waals surface area (Å²) in [5.74, 6) is -1.73. The lowest BCUT2D eigenvalue weighted by atomic mass is 9.44. The molecule has 7 nitrogen and oxygen atoms in total. The number of carbonyl (C=O) groups is 3. The molecule has 0 aromatic heterocycles. The predicted octanol–water partition coefficient (Wildman–Crippen LogP) is 3.97. The van der Waals surface area contributed by atoms with Crippen molar-refractivity contribution >= 4 is 17.5 Å². The highest BCUT2D eigenvalue weighted by molar-refractivity contribution is 5.91. The number of Topliss-reactive ketones (excluding diaryl/α,β-unsaturated/α-hetero) is 1. The fourth-order valence-electron chi connectivity index (χ4n) is 8.15. The molecule has 0 heterocycles. The molecule has 7 atom stereocenters. The average Bonchev–Trinajstić information content (AvgIpc) is 3.12. The Hall–Kier alpha value is -1.57. The van der Waals surface area contributed by atoms with Gasteiger partial charge in [0.2, 0.25) is 0 Å². The van der Waals surface area contributed by atoms with Crippen LogP contribution in [0.1, 0.15) is 78.6 Å². The average molecular weight is 477 g/mol. The largest absolute Gasteiger partial charge is 0.458 e. The molecule has 0 radical (unpaired) electrons. The Morgan fingerprint density at radius 2 is 1.94 bits per heavy atom. The number of allylic oxidation sites excluding steroid dienone is 1. The zero-order valence-corrected chi connectivity index (χ0v) is 21.1. The van der Waals surface area contributed by atoms with Crippen LogP contribution in [0.2, 0.25) is 0 Å². The SMILES string of the molecule is CCCC(=O)OCC(=O)[C@H]1CC[C@H]2[C@@H]3CCC4=CC(=O)CC[C@]4(C)[C@H]3[C@](O)(OCOC)C[C@]12C. The van der Waals surface area contributed by atoms with Gasteiger partial charge < -0.3 is 19.3 Å². The molecule has 0 amide bonds. The molecule has 0 aromatic carbocycles. The maximum atomic E-state index is 13.3. The topological polar surface area (TPSA) is 99.1 Å². The van der Waals surface area contributed by atoms with Crippen LogP contribution in [-0.4, -0.2) is 48.9 Å². The van der Waals surface area contributed by atoms with E-state index in [1.54, 1.807) is 6.08 Å². The Morgan fingerprint density at radius 3 is 2.65 bits per heavy atom. The molecule has 0 bridgehead atoms. The van der Waals surface area contributed by atoms with E-state index in [4.69, 9.17) is 14.2 Å². The number of hydrogen-bond acceptors (Lipinski definition) is 7. The molecule has 0 aliphatic heterocycles. The van der Waals surface area contributed by atoms with Crippen LogP contribution in [0.5, 0.6) is 0 Å². The van der Waals surface area contributed by atoms with Crippen LogP contribution in [0.3, 0.4) is 0 Å². The maximum absolute atomic E-state index is 13.3. The van der Waals surface area contributed by atoms with E-state index < -0.39 is 11.2 Å². The molecule has 7 heteroatoms. The minimum absolute atomic E-state index is 0.0399. The molecule has 4 aliphatic carbocycles. The lowest BCUT2D eigenvalue weighted by molar-refractivity contribution is -0.335. The summed E-state index contributed by atoms with van der Waals surface area (Å²) in [6.07, 6.45) is 7.65. The predicted molar refractivity (Wildman–Crippen MR) is 124 cm³/mol. The molecular weight excluding hydrogens is 436 g/mol. The zero-order chi connectivity index (χ0) is 24.7. The van der Waals surface area contributed by atoms with E-state index in [-0.39, 0.29) is 60.0 Å². The van der Waals surface area contributed by atoms with Crippen LogP contribution >= 0.6 is 0 Å². The zero-order valence-electron chi connectivity index (χ0n) is 21.1. The summed E-state index contributed by atoms with van der Waals surface area (Å²) in [5.41, 5.74) is 0.347. The Kier molecular flexibility index (Phi) is 7.11. The minimum Gasteiger partial charge on any atom is -0.458 e. The number of ether oxygens (including phenoxy) is 3. The first-order valence-corrected chi connectivity index (χ1v) is 12.9. The third kappa shape index (κ3) is 4.18. The number of esters is 1. The van der Waals surface area contributed by atoms with Crippen molar-refractivity contribution in [2.24, 2.45) is 34.5 Å². The summed E-state index contributed by atoms with van der Waals surface area (Å²) in [6, 6.07) is 0. The van der Waals surface area contributed by atoms with Crippen LogP contribution in [0, 0.1) is 34.5 Å². The van der Waals surface area contributed by atoms with Crippen molar-refractivity contribution in [3.05, 3.63) is 11.6 Å². The highest BCUT2D eigenvalue weighted by Crippen LogP contribution is 2.69. The van der Waals surface area contributed by atoms with E-state index in [9.17, 15) is 19.5 Å². The van der Waals surface area contributed by atoms with Gasteiger partial charge in [-0.05, 0) is 67.3 Å². The van der Waals surface area contributed by atoms with E-state index in [1.807, 2.05) is 6.92 Å². The van der Waals surface area contributed by atoms with Gasteiger partial charge in [0.1, 0.15) is 13.4 Å². The number of fused-ring (bicyclic) bond motifs is 5. The van der Waals surface area contributed by atoms with Gasteiger partial charge in [-0.2, -0.15) is 0 Å². The van der Waals surface area contributed by atoms with Crippen molar-refractivity contribution in [1.82, 2.24) is 0 Å². The smallest absolute Gasteiger partial charge is 0.306 e. The highest BCUT2D eigenvalue weighted by Gasteiger charge is 2.68. The molecular formula is C27H40O7. The molecule has 0 unspecified atom stereocenters. The Balaban J connectivity index is 1.65. The fourth-order valence-corrected chi connectivity index (χ4v) is 8.15. The Labute approximate surface area is 202 Å². The maximum Gasteiger partial charge on any atom is 0.306 e. The van der Waals surface area contributed by atoms with Crippen LogP contribution < -0.4 is 0 Å². The van der Waals surface area contributed by atoms with Gasteiger partial charge in [-0.3, -0.25) is 14.4 Å². The van der Waals surface area contributed by atoms with Gasteiger partial charge in [0.05, 0.1) is 0 Å². The van der Waals surface area contributed by atoms with E-state index in [2.05, 4.69) is 13.8 Å². The van der Waals surface area contributed by atoms with E-state index in [0.717, 1.165) is 31.3 Å². The van der Waals surface area contributed by atoms with Gasteiger partial charge in [-0.25, -0.2) is 0 Å². The van der Waals surface area contributed by atoms with E-state index in [1.165, 1.54) is 7.11 Å². The van der Waals surface area contributed by atoms with Crippen LogP contribution in [0.4, 0.5) is 0 Å². The van der Waals surface area contributed by atoms with Crippen molar-refractivity contribution in [2.45, 2.75) is 84.3 Å². The first-order chi connectivity index (χ1) is 16.1. The summed E-state index contributed by atoms with van der Waals surface area (Å²) in [5, 5.41) is 12.2. The van der Waals surface area contributed by atoms with Gasteiger partial charge in [0.15, 0.2) is 17.4 Å². The van der Waals surface area contributed by atoms with Crippen molar-refractivity contribution < 1.29 is 33.7 Å².